The fourth-order valence-electron chi connectivity index (χ4n) is 1.47. The molecule has 0 spiro atoms. The smallest absolute Gasteiger partial charge is 0.0313 e. The van der Waals surface area contributed by atoms with Crippen LogP contribution >= 0.6 is 0 Å². The summed E-state index contributed by atoms with van der Waals surface area (Å²) in [5.74, 6) is 0. The van der Waals surface area contributed by atoms with Crippen molar-refractivity contribution in [3.8, 4) is 0 Å². The standard InChI is InChI=1S/C12H20N2/c1-10(14(3)4)12-7-5-6-11(8-12)9-13-2/h5-8,10,13H,9H2,1-4H3. The van der Waals surface area contributed by atoms with Gasteiger partial charge in [0.25, 0.3) is 0 Å². The van der Waals surface area contributed by atoms with E-state index in [0.717, 1.165) is 6.54 Å². The van der Waals surface area contributed by atoms with Crippen LogP contribution in [-0.4, -0.2) is 26.0 Å². The maximum atomic E-state index is 3.17. The van der Waals surface area contributed by atoms with Crippen LogP contribution in [0.5, 0.6) is 0 Å². The average molecular weight is 192 g/mol. The predicted octanol–water partition coefficient (Wildman–Crippen LogP) is 2.03. The topological polar surface area (TPSA) is 15.3 Å². The van der Waals surface area contributed by atoms with Gasteiger partial charge in [-0.25, -0.2) is 0 Å². The van der Waals surface area contributed by atoms with Crippen molar-refractivity contribution in [3.63, 3.8) is 0 Å². The molecule has 2 nitrogen and oxygen atoms in total. The third-order valence-electron chi connectivity index (χ3n) is 2.59. The highest BCUT2D eigenvalue weighted by Gasteiger charge is 2.07. The van der Waals surface area contributed by atoms with Crippen LogP contribution in [0.2, 0.25) is 0 Å². The predicted molar refractivity (Wildman–Crippen MR) is 61.3 cm³/mol. The van der Waals surface area contributed by atoms with Crippen molar-refractivity contribution in [1.82, 2.24) is 10.2 Å². The van der Waals surface area contributed by atoms with E-state index in [4.69, 9.17) is 0 Å². The summed E-state index contributed by atoms with van der Waals surface area (Å²) in [5.41, 5.74) is 2.72. The molecule has 0 saturated heterocycles. The van der Waals surface area contributed by atoms with Gasteiger partial charge in [0.05, 0.1) is 0 Å². The minimum absolute atomic E-state index is 0.479. The van der Waals surface area contributed by atoms with E-state index < -0.39 is 0 Å². The molecule has 1 atom stereocenters. The summed E-state index contributed by atoms with van der Waals surface area (Å²) in [6.07, 6.45) is 0. The first-order valence-electron chi connectivity index (χ1n) is 5.05. The van der Waals surface area contributed by atoms with E-state index in [-0.39, 0.29) is 0 Å². The number of benzene rings is 1. The van der Waals surface area contributed by atoms with Crippen LogP contribution < -0.4 is 5.32 Å². The molecule has 0 radical (unpaired) electrons. The lowest BCUT2D eigenvalue weighted by molar-refractivity contribution is 0.321. The van der Waals surface area contributed by atoms with Gasteiger partial charge in [-0.1, -0.05) is 24.3 Å². The second kappa shape index (κ2) is 5.13. The fraction of sp³-hybridized carbons (Fsp3) is 0.500. The summed E-state index contributed by atoms with van der Waals surface area (Å²) in [5, 5.41) is 3.17. The van der Waals surface area contributed by atoms with E-state index in [1.165, 1.54) is 11.1 Å². The zero-order chi connectivity index (χ0) is 10.6. The van der Waals surface area contributed by atoms with Gasteiger partial charge in [-0.15, -0.1) is 0 Å². The van der Waals surface area contributed by atoms with E-state index in [1.54, 1.807) is 0 Å². The van der Waals surface area contributed by atoms with Gasteiger partial charge in [0, 0.05) is 12.6 Å². The second-order valence-corrected chi connectivity index (χ2v) is 3.91. The second-order valence-electron chi connectivity index (χ2n) is 3.91. The van der Waals surface area contributed by atoms with E-state index in [0.29, 0.717) is 6.04 Å². The largest absolute Gasteiger partial charge is 0.316 e. The molecule has 0 saturated carbocycles. The van der Waals surface area contributed by atoms with Crippen LogP contribution in [0.3, 0.4) is 0 Å². The lowest BCUT2D eigenvalue weighted by Gasteiger charge is -2.20. The van der Waals surface area contributed by atoms with Crippen molar-refractivity contribution < 1.29 is 0 Å². The Balaban J connectivity index is 2.82. The Hall–Kier alpha value is -0.860. The summed E-state index contributed by atoms with van der Waals surface area (Å²) < 4.78 is 0. The minimum Gasteiger partial charge on any atom is -0.316 e. The van der Waals surface area contributed by atoms with Crippen LogP contribution in [0.4, 0.5) is 0 Å². The van der Waals surface area contributed by atoms with Gasteiger partial charge in [0.1, 0.15) is 0 Å². The third-order valence-corrected chi connectivity index (χ3v) is 2.59. The molecule has 0 aromatic heterocycles. The minimum atomic E-state index is 0.479. The Bertz CT molecular complexity index is 281. The van der Waals surface area contributed by atoms with Gasteiger partial charge >= 0.3 is 0 Å². The van der Waals surface area contributed by atoms with Crippen molar-refractivity contribution in [1.29, 1.82) is 0 Å². The number of nitrogens with zero attached hydrogens (tertiary/aromatic N) is 1. The molecule has 1 N–H and O–H groups in total. The van der Waals surface area contributed by atoms with Crippen molar-refractivity contribution in [3.05, 3.63) is 35.4 Å². The molecule has 1 rings (SSSR count). The molecule has 2 heteroatoms. The average Bonchev–Trinajstić information content (AvgIpc) is 2.17. The first kappa shape index (κ1) is 11.2. The number of rotatable bonds is 4. The maximum Gasteiger partial charge on any atom is 0.0313 e. The van der Waals surface area contributed by atoms with Crippen molar-refractivity contribution in [2.45, 2.75) is 19.5 Å². The molecule has 0 aliphatic carbocycles. The first-order valence-corrected chi connectivity index (χ1v) is 5.05. The molecule has 0 heterocycles. The van der Waals surface area contributed by atoms with Crippen LogP contribution in [0, 0.1) is 0 Å². The van der Waals surface area contributed by atoms with Crippen LogP contribution in [0.15, 0.2) is 24.3 Å². The molecule has 0 aliphatic rings. The normalized spacial score (nSPS) is 13.2. The molecule has 0 fully saturated rings. The Labute approximate surface area is 86.9 Å². The molecule has 0 amide bonds. The molecular formula is C12H20N2. The Morgan fingerprint density at radius 3 is 2.64 bits per heavy atom. The molecule has 1 aromatic carbocycles. The van der Waals surface area contributed by atoms with E-state index >= 15 is 0 Å². The summed E-state index contributed by atoms with van der Waals surface area (Å²) in [6.45, 7) is 3.16. The van der Waals surface area contributed by atoms with Gasteiger partial charge in [-0.3, -0.25) is 0 Å². The molecule has 1 unspecified atom stereocenters. The number of hydrogen-bond acceptors (Lipinski definition) is 2. The Kier molecular flexibility index (Phi) is 4.11. The van der Waals surface area contributed by atoms with E-state index in [1.807, 2.05) is 7.05 Å². The highest BCUT2D eigenvalue weighted by Crippen LogP contribution is 2.18. The van der Waals surface area contributed by atoms with Crippen molar-refractivity contribution >= 4 is 0 Å². The van der Waals surface area contributed by atoms with Gasteiger partial charge in [-0.05, 0) is 39.2 Å². The third kappa shape index (κ3) is 2.82. The summed E-state index contributed by atoms with van der Waals surface area (Å²) >= 11 is 0. The number of hydrogen-bond donors (Lipinski definition) is 1. The molecule has 14 heavy (non-hydrogen) atoms. The monoisotopic (exact) mass is 192 g/mol. The maximum absolute atomic E-state index is 3.17. The molecule has 0 bridgehead atoms. The van der Waals surface area contributed by atoms with Gasteiger partial charge in [0.15, 0.2) is 0 Å². The molecule has 0 aliphatic heterocycles. The highest BCUT2D eigenvalue weighted by atomic mass is 15.1. The Morgan fingerprint density at radius 1 is 1.36 bits per heavy atom. The number of nitrogens with one attached hydrogen (secondary N) is 1. The quantitative estimate of drug-likeness (QED) is 0.785. The SMILES string of the molecule is CNCc1cccc(C(C)N(C)C)c1. The first-order chi connectivity index (χ1) is 6.65. The zero-order valence-electron chi connectivity index (χ0n) is 9.54. The van der Waals surface area contributed by atoms with Crippen molar-refractivity contribution in [2.75, 3.05) is 21.1 Å². The van der Waals surface area contributed by atoms with Gasteiger partial charge < -0.3 is 10.2 Å². The van der Waals surface area contributed by atoms with Gasteiger partial charge in [-0.2, -0.15) is 0 Å². The Morgan fingerprint density at radius 2 is 2.07 bits per heavy atom. The lowest BCUT2D eigenvalue weighted by Crippen LogP contribution is -2.17. The molecule has 1 aromatic rings. The van der Waals surface area contributed by atoms with Crippen LogP contribution in [-0.2, 0) is 6.54 Å². The van der Waals surface area contributed by atoms with Crippen LogP contribution in [0.25, 0.3) is 0 Å². The lowest BCUT2D eigenvalue weighted by atomic mass is 10.0. The van der Waals surface area contributed by atoms with Gasteiger partial charge in [0.2, 0.25) is 0 Å². The molecular weight excluding hydrogens is 172 g/mol. The highest BCUT2D eigenvalue weighted by molar-refractivity contribution is 5.25. The zero-order valence-corrected chi connectivity index (χ0v) is 9.54. The molecule has 78 valence electrons. The van der Waals surface area contributed by atoms with E-state index in [9.17, 15) is 0 Å². The summed E-state index contributed by atoms with van der Waals surface area (Å²) in [4.78, 5) is 2.22. The fourth-order valence-corrected chi connectivity index (χ4v) is 1.47. The summed E-state index contributed by atoms with van der Waals surface area (Å²) in [7, 11) is 6.19. The summed E-state index contributed by atoms with van der Waals surface area (Å²) in [6, 6.07) is 9.21. The van der Waals surface area contributed by atoms with Crippen LogP contribution in [0.1, 0.15) is 24.1 Å². The van der Waals surface area contributed by atoms with Crippen molar-refractivity contribution in [2.24, 2.45) is 0 Å². The van der Waals surface area contributed by atoms with E-state index in [2.05, 4.69) is 55.5 Å².